The number of likely N-dealkylation sites (tertiary alicyclic amines) is 1. The van der Waals surface area contributed by atoms with Gasteiger partial charge in [-0.05, 0) is 28.8 Å². The Morgan fingerprint density at radius 3 is 2.63 bits per heavy atom. The van der Waals surface area contributed by atoms with Crippen LogP contribution in [0.3, 0.4) is 0 Å². The lowest BCUT2D eigenvalue weighted by Gasteiger charge is -2.23. The van der Waals surface area contributed by atoms with E-state index in [1.54, 1.807) is 4.68 Å². The van der Waals surface area contributed by atoms with E-state index >= 15 is 0 Å². The van der Waals surface area contributed by atoms with E-state index in [-0.39, 0.29) is 17.4 Å². The Hall–Kier alpha value is -2.28. The second-order valence-electron chi connectivity index (χ2n) is 8.65. The summed E-state index contributed by atoms with van der Waals surface area (Å²) in [6.07, 6.45) is 0. The van der Waals surface area contributed by atoms with Gasteiger partial charge in [-0.2, -0.15) is 0 Å². The first-order valence-corrected chi connectivity index (χ1v) is 9.60. The van der Waals surface area contributed by atoms with Crippen LogP contribution in [0.2, 0.25) is 0 Å². The van der Waals surface area contributed by atoms with Crippen LogP contribution >= 0.6 is 0 Å². The Labute approximate surface area is 161 Å². The summed E-state index contributed by atoms with van der Waals surface area (Å²) in [5, 5.41) is 15.1. The standard InChI is InChI=1S/C20H30N6O/c1-14-11-25(12-16-9-7-6-8-10-16)13-17(14)21-18(27)15(2)26-19(20(3,4)5)22-23-24-26/h6-10,14-15,17H,11-13H2,1-5H3,(H,21,27). The van der Waals surface area contributed by atoms with Gasteiger partial charge >= 0.3 is 0 Å². The minimum absolute atomic E-state index is 0.0359. The van der Waals surface area contributed by atoms with Gasteiger partial charge in [-0.1, -0.05) is 58.0 Å². The molecule has 0 bridgehead atoms. The third kappa shape index (κ3) is 4.53. The molecule has 3 rings (SSSR count). The molecule has 0 spiro atoms. The average molecular weight is 371 g/mol. The molecule has 1 aromatic carbocycles. The van der Waals surface area contributed by atoms with Crippen LogP contribution in [0.5, 0.6) is 0 Å². The topological polar surface area (TPSA) is 75.9 Å². The van der Waals surface area contributed by atoms with E-state index in [1.165, 1.54) is 5.56 Å². The van der Waals surface area contributed by atoms with Gasteiger partial charge in [0.1, 0.15) is 6.04 Å². The predicted molar refractivity (Wildman–Crippen MR) is 104 cm³/mol. The number of aromatic nitrogens is 4. The Morgan fingerprint density at radius 2 is 1.96 bits per heavy atom. The second kappa shape index (κ2) is 7.76. The van der Waals surface area contributed by atoms with E-state index in [0.717, 1.165) is 25.5 Å². The average Bonchev–Trinajstić information content (AvgIpc) is 3.22. The fraction of sp³-hybridized carbons (Fsp3) is 0.600. The van der Waals surface area contributed by atoms with Crippen LogP contribution in [-0.2, 0) is 16.8 Å². The van der Waals surface area contributed by atoms with E-state index in [4.69, 9.17) is 0 Å². The van der Waals surface area contributed by atoms with Crippen molar-refractivity contribution >= 4 is 5.91 Å². The van der Waals surface area contributed by atoms with Crippen molar-refractivity contribution in [1.82, 2.24) is 30.4 Å². The summed E-state index contributed by atoms with van der Waals surface area (Å²) in [5.74, 6) is 1.09. The smallest absolute Gasteiger partial charge is 0.244 e. The van der Waals surface area contributed by atoms with Crippen LogP contribution in [0, 0.1) is 5.92 Å². The molecule has 2 aromatic rings. The van der Waals surface area contributed by atoms with Gasteiger partial charge in [0.15, 0.2) is 5.82 Å². The molecule has 3 unspecified atom stereocenters. The Morgan fingerprint density at radius 1 is 1.26 bits per heavy atom. The van der Waals surface area contributed by atoms with Gasteiger partial charge in [0, 0.05) is 31.1 Å². The lowest BCUT2D eigenvalue weighted by molar-refractivity contribution is -0.125. The molecule has 7 nitrogen and oxygen atoms in total. The molecule has 1 aliphatic rings. The van der Waals surface area contributed by atoms with Crippen molar-refractivity contribution in [2.45, 2.75) is 58.7 Å². The zero-order chi connectivity index (χ0) is 19.6. The van der Waals surface area contributed by atoms with Gasteiger partial charge < -0.3 is 5.32 Å². The molecule has 1 saturated heterocycles. The number of nitrogens with one attached hydrogen (secondary N) is 1. The van der Waals surface area contributed by atoms with Crippen LogP contribution in [0.15, 0.2) is 30.3 Å². The number of hydrogen-bond acceptors (Lipinski definition) is 5. The first kappa shape index (κ1) is 19.5. The summed E-state index contributed by atoms with van der Waals surface area (Å²) < 4.78 is 1.64. The quantitative estimate of drug-likeness (QED) is 0.873. The number of hydrogen-bond donors (Lipinski definition) is 1. The molecule has 1 N–H and O–H groups in total. The lowest BCUT2D eigenvalue weighted by Crippen LogP contribution is -2.43. The van der Waals surface area contributed by atoms with Crippen LogP contribution < -0.4 is 5.32 Å². The molecule has 27 heavy (non-hydrogen) atoms. The van der Waals surface area contributed by atoms with Gasteiger partial charge in [0.2, 0.25) is 5.91 Å². The molecular formula is C20H30N6O. The van der Waals surface area contributed by atoms with Crippen molar-refractivity contribution in [3.63, 3.8) is 0 Å². The van der Waals surface area contributed by atoms with E-state index in [9.17, 15) is 4.79 Å². The monoisotopic (exact) mass is 370 g/mol. The van der Waals surface area contributed by atoms with Gasteiger partial charge in [0.25, 0.3) is 0 Å². The first-order valence-electron chi connectivity index (χ1n) is 9.60. The third-order valence-corrected chi connectivity index (χ3v) is 5.17. The molecule has 1 fully saturated rings. The molecule has 0 saturated carbocycles. The van der Waals surface area contributed by atoms with Crippen molar-refractivity contribution in [1.29, 1.82) is 0 Å². The second-order valence-corrected chi connectivity index (χ2v) is 8.65. The molecule has 0 aliphatic carbocycles. The number of carbonyl (C=O) groups excluding carboxylic acids is 1. The number of benzene rings is 1. The highest BCUT2D eigenvalue weighted by Gasteiger charge is 2.33. The summed E-state index contributed by atoms with van der Waals surface area (Å²) in [4.78, 5) is 15.2. The van der Waals surface area contributed by atoms with Crippen molar-refractivity contribution in [2.75, 3.05) is 13.1 Å². The van der Waals surface area contributed by atoms with E-state index in [1.807, 2.05) is 33.8 Å². The van der Waals surface area contributed by atoms with Gasteiger partial charge in [-0.15, -0.1) is 5.10 Å². The summed E-state index contributed by atoms with van der Waals surface area (Å²) in [7, 11) is 0. The number of carbonyl (C=O) groups is 1. The molecule has 1 aromatic heterocycles. The summed E-state index contributed by atoms with van der Waals surface area (Å²) >= 11 is 0. The maximum Gasteiger partial charge on any atom is 0.244 e. The first-order chi connectivity index (χ1) is 12.8. The minimum atomic E-state index is -0.440. The van der Waals surface area contributed by atoms with Crippen LogP contribution in [0.4, 0.5) is 0 Å². The van der Waals surface area contributed by atoms with E-state index < -0.39 is 6.04 Å². The van der Waals surface area contributed by atoms with Crippen molar-refractivity contribution in [3.05, 3.63) is 41.7 Å². The highest BCUT2D eigenvalue weighted by atomic mass is 16.2. The van der Waals surface area contributed by atoms with Crippen LogP contribution in [-0.4, -0.2) is 50.1 Å². The molecule has 1 aliphatic heterocycles. The van der Waals surface area contributed by atoms with Crippen molar-refractivity contribution in [3.8, 4) is 0 Å². The van der Waals surface area contributed by atoms with Crippen LogP contribution in [0.1, 0.15) is 52.0 Å². The van der Waals surface area contributed by atoms with Gasteiger partial charge in [-0.25, -0.2) is 4.68 Å². The largest absolute Gasteiger partial charge is 0.350 e. The normalized spacial score (nSPS) is 22.0. The zero-order valence-electron chi connectivity index (χ0n) is 16.9. The summed E-state index contributed by atoms with van der Waals surface area (Å²) in [6, 6.07) is 10.1. The third-order valence-electron chi connectivity index (χ3n) is 5.17. The number of nitrogens with zero attached hydrogens (tertiary/aromatic N) is 5. The minimum Gasteiger partial charge on any atom is -0.350 e. The number of amides is 1. The number of rotatable bonds is 5. The Bertz CT molecular complexity index is 766. The molecule has 1 amide bonds. The van der Waals surface area contributed by atoms with E-state index in [2.05, 4.69) is 56.9 Å². The maximum absolute atomic E-state index is 12.8. The highest BCUT2D eigenvalue weighted by Crippen LogP contribution is 2.23. The predicted octanol–water partition coefficient (Wildman–Crippen LogP) is 2.17. The van der Waals surface area contributed by atoms with Crippen molar-refractivity contribution < 1.29 is 4.79 Å². The molecule has 3 atom stereocenters. The molecule has 7 heteroatoms. The number of tetrazole rings is 1. The molecule has 2 heterocycles. The van der Waals surface area contributed by atoms with Crippen LogP contribution in [0.25, 0.3) is 0 Å². The fourth-order valence-corrected chi connectivity index (χ4v) is 3.59. The molecule has 146 valence electrons. The van der Waals surface area contributed by atoms with E-state index in [0.29, 0.717) is 5.92 Å². The highest BCUT2D eigenvalue weighted by molar-refractivity contribution is 5.80. The lowest BCUT2D eigenvalue weighted by atomic mass is 9.95. The molecular weight excluding hydrogens is 340 g/mol. The molecule has 0 radical (unpaired) electrons. The van der Waals surface area contributed by atoms with Crippen molar-refractivity contribution in [2.24, 2.45) is 5.92 Å². The summed E-state index contributed by atoms with van der Waals surface area (Å²) in [6.45, 7) is 12.9. The Balaban J connectivity index is 1.61. The zero-order valence-corrected chi connectivity index (χ0v) is 16.9. The maximum atomic E-state index is 12.8. The summed E-state index contributed by atoms with van der Waals surface area (Å²) in [5.41, 5.74) is 1.08. The Kier molecular flexibility index (Phi) is 5.60. The SMILES string of the molecule is CC1CN(Cc2ccccc2)CC1NC(=O)C(C)n1nnnc1C(C)(C)C. The van der Waals surface area contributed by atoms with Gasteiger partial charge in [0.05, 0.1) is 0 Å². The van der Waals surface area contributed by atoms with Gasteiger partial charge in [-0.3, -0.25) is 9.69 Å². The fourth-order valence-electron chi connectivity index (χ4n) is 3.59.